The van der Waals surface area contributed by atoms with Gasteiger partial charge in [0.2, 0.25) is 11.5 Å². The fourth-order valence-corrected chi connectivity index (χ4v) is 3.15. The Hall–Kier alpha value is -2.21. The molecule has 0 N–H and O–H groups in total. The summed E-state index contributed by atoms with van der Waals surface area (Å²) in [7, 11) is 1.35. The largest absolute Gasteiger partial charge is 0.466 e. The second-order valence-electron chi connectivity index (χ2n) is 6.10. The molecule has 0 spiro atoms. The highest BCUT2D eigenvalue weighted by Crippen LogP contribution is 2.35. The van der Waals surface area contributed by atoms with Crippen molar-refractivity contribution < 1.29 is 18.7 Å². The number of benzene rings is 1. The Morgan fingerprint density at radius 3 is 2.60 bits per heavy atom. The average Bonchev–Trinajstić information content (AvgIpc) is 3.05. The van der Waals surface area contributed by atoms with Crippen molar-refractivity contribution in [3.05, 3.63) is 40.8 Å². The van der Waals surface area contributed by atoms with E-state index in [1.807, 2.05) is 0 Å². The summed E-state index contributed by atoms with van der Waals surface area (Å²) in [6.45, 7) is 1.78. The van der Waals surface area contributed by atoms with Crippen molar-refractivity contribution in [2.45, 2.75) is 38.2 Å². The van der Waals surface area contributed by atoms with Gasteiger partial charge in [0.1, 0.15) is 5.82 Å². The van der Waals surface area contributed by atoms with E-state index in [9.17, 15) is 9.18 Å². The Morgan fingerprint density at radius 2 is 1.96 bits per heavy atom. The zero-order valence-electron chi connectivity index (χ0n) is 14.0. The molecule has 0 radical (unpaired) electrons. The van der Waals surface area contributed by atoms with Gasteiger partial charge >= 0.3 is 5.97 Å². The average molecular weight is 365 g/mol. The van der Waals surface area contributed by atoms with Gasteiger partial charge in [-0.2, -0.15) is 4.98 Å². The van der Waals surface area contributed by atoms with Gasteiger partial charge in [-0.25, -0.2) is 14.2 Å². The van der Waals surface area contributed by atoms with E-state index >= 15 is 0 Å². The number of aryl methyl sites for hydroxylation is 1. The Labute approximate surface area is 150 Å². The lowest BCUT2D eigenvalue weighted by atomic mass is 10.0. The van der Waals surface area contributed by atoms with E-state index in [0.29, 0.717) is 29.9 Å². The number of ether oxygens (including phenoxy) is 2. The lowest BCUT2D eigenvalue weighted by Gasteiger charge is -2.26. The molecular formula is C18H18ClFN2O3. The van der Waals surface area contributed by atoms with Crippen LogP contribution >= 0.6 is 11.6 Å². The summed E-state index contributed by atoms with van der Waals surface area (Å²) in [5.74, 6) is -0.373. The molecule has 3 rings (SSSR count). The molecule has 0 saturated heterocycles. The maximum Gasteiger partial charge on any atom is 0.350 e. The molecule has 1 aliphatic carbocycles. The highest BCUT2D eigenvalue weighted by Gasteiger charge is 2.45. The fraction of sp³-hybridized carbons (Fsp3) is 0.389. The van der Waals surface area contributed by atoms with E-state index in [1.165, 1.54) is 19.2 Å². The predicted octanol–water partition coefficient (Wildman–Crippen LogP) is 4.11. The van der Waals surface area contributed by atoms with Crippen LogP contribution in [0.4, 0.5) is 4.39 Å². The quantitative estimate of drug-likeness (QED) is 0.764. The SMILES string of the molecule is COC(=O)C1(Oc2cc(C)nc(-c3ccc(Cl)c(F)c3)n2)CCCC1. The number of methoxy groups -OCH3 is 1. The molecule has 25 heavy (non-hydrogen) atoms. The van der Waals surface area contributed by atoms with Crippen LogP contribution in [0.2, 0.25) is 5.02 Å². The molecular weight excluding hydrogens is 347 g/mol. The number of hydrogen-bond acceptors (Lipinski definition) is 5. The molecule has 0 unspecified atom stereocenters. The smallest absolute Gasteiger partial charge is 0.350 e. The molecule has 1 aliphatic rings. The summed E-state index contributed by atoms with van der Waals surface area (Å²) in [6, 6.07) is 6.01. The van der Waals surface area contributed by atoms with Crippen molar-refractivity contribution >= 4 is 17.6 Å². The van der Waals surface area contributed by atoms with Crippen molar-refractivity contribution in [3.63, 3.8) is 0 Å². The van der Waals surface area contributed by atoms with E-state index in [2.05, 4.69) is 9.97 Å². The molecule has 132 valence electrons. The van der Waals surface area contributed by atoms with Crippen LogP contribution in [0.25, 0.3) is 11.4 Å². The molecule has 1 aromatic heterocycles. The monoisotopic (exact) mass is 364 g/mol. The molecule has 7 heteroatoms. The Morgan fingerprint density at radius 1 is 1.24 bits per heavy atom. The maximum absolute atomic E-state index is 13.7. The highest BCUT2D eigenvalue weighted by atomic mass is 35.5. The van der Waals surface area contributed by atoms with E-state index in [0.717, 1.165) is 12.8 Å². The topological polar surface area (TPSA) is 61.3 Å². The van der Waals surface area contributed by atoms with Crippen LogP contribution < -0.4 is 4.74 Å². The molecule has 5 nitrogen and oxygen atoms in total. The first kappa shape index (κ1) is 17.6. The minimum Gasteiger partial charge on any atom is -0.466 e. The predicted molar refractivity (Wildman–Crippen MR) is 91.0 cm³/mol. The number of carbonyl (C=O) groups excluding carboxylic acids is 1. The van der Waals surface area contributed by atoms with Crippen molar-refractivity contribution in [1.82, 2.24) is 9.97 Å². The Kier molecular flexibility index (Phi) is 4.90. The number of aromatic nitrogens is 2. The van der Waals surface area contributed by atoms with Gasteiger partial charge in [0.15, 0.2) is 5.82 Å². The van der Waals surface area contributed by atoms with Crippen LogP contribution in [-0.2, 0) is 9.53 Å². The van der Waals surface area contributed by atoms with Crippen molar-refractivity contribution in [3.8, 4) is 17.3 Å². The van der Waals surface area contributed by atoms with Gasteiger partial charge in [0.25, 0.3) is 0 Å². The van der Waals surface area contributed by atoms with Crippen LogP contribution in [0.3, 0.4) is 0 Å². The molecule has 1 fully saturated rings. The summed E-state index contributed by atoms with van der Waals surface area (Å²) in [5, 5.41) is 0.0310. The molecule has 1 saturated carbocycles. The van der Waals surface area contributed by atoms with Crippen LogP contribution in [0.5, 0.6) is 5.88 Å². The third-order valence-electron chi connectivity index (χ3n) is 4.28. The molecule has 0 aliphatic heterocycles. The van der Waals surface area contributed by atoms with Crippen molar-refractivity contribution in [2.75, 3.05) is 7.11 Å². The van der Waals surface area contributed by atoms with Gasteiger partial charge in [0, 0.05) is 17.3 Å². The lowest BCUT2D eigenvalue weighted by Crippen LogP contribution is -2.43. The van der Waals surface area contributed by atoms with Crippen LogP contribution in [0, 0.1) is 12.7 Å². The molecule has 1 heterocycles. The normalized spacial score (nSPS) is 15.8. The minimum atomic E-state index is -1.02. The number of hydrogen-bond donors (Lipinski definition) is 0. The van der Waals surface area contributed by atoms with Crippen molar-refractivity contribution in [1.29, 1.82) is 0 Å². The van der Waals surface area contributed by atoms with Gasteiger partial charge in [-0.15, -0.1) is 0 Å². The summed E-state index contributed by atoms with van der Waals surface area (Å²) in [5.41, 5.74) is 0.111. The summed E-state index contributed by atoms with van der Waals surface area (Å²) >= 11 is 5.72. The number of nitrogens with zero attached hydrogens (tertiary/aromatic N) is 2. The minimum absolute atomic E-state index is 0.0310. The second-order valence-corrected chi connectivity index (χ2v) is 6.50. The number of esters is 1. The van der Waals surface area contributed by atoms with Crippen LogP contribution in [-0.4, -0.2) is 28.6 Å². The summed E-state index contributed by atoms with van der Waals surface area (Å²) < 4.78 is 24.6. The van der Waals surface area contributed by atoms with E-state index in [1.54, 1.807) is 19.1 Å². The van der Waals surface area contributed by atoms with E-state index in [4.69, 9.17) is 21.1 Å². The highest BCUT2D eigenvalue weighted by molar-refractivity contribution is 6.30. The number of rotatable bonds is 4. The first-order chi connectivity index (χ1) is 11.9. The van der Waals surface area contributed by atoms with Crippen molar-refractivity contribution in [2.24, 2.45) is 0 Å². The van der Waals surface area contributed by atoms with Gasteiger partial charge in [-0.1, -0.05) is 11.6 Å². The summed E-state index contributed by atoms with van der Waals surface area (Å²) in [6.07, 6.45) is 2.92. The van der Waals surface area contributed by atoms with Crippen LogP contribution in [0.1, 0.15) is 31.4 Å². The van der Waals surface area contributed by atoms with Gasteiger partial charge in [0.05, 0.1) is 12.1 Å². The summed E-state index contributed by atoms with van der Waals surface area (Å²) in [4.78, 5) is 20.9. The molecule has 0 bridgehead atoms. The Bertz CT molecular complexity index is 807. The maximum atomic E-state index is 13.7. The lowest BCUT2D eigenvalue weighted by molar-refractivity contribution is -0.158. The van der Waals surface area contributed by atoms with E-state index in [-0.39, 0.29) is 10.9 Å². The molecule has 2 aromatic rings. The van der Waals surface area contributed by atoms with Gasteiger partial charge in [-0.05, 0) is 50.8 Å². The standard InChI is InChI=1S/C18H18ClFN2O3/c1-11-9-15(25-18(17(23)24-2)7-3-4-8-18)22-16(21-11)12-5-6-13(19)14(20)10-12/h5-6,9-10H,3-4,7-8H2,1-2H3. The number of halogens is 2. The Balaban J connectivity index is 1.96. The number of carbonyl (C=O) groups is 1. The third-order valence-corrected chi connectivity index (χ3v) is 4.58. The molecule has 0 amide bonds. The van der Waals surface area contributed by atoms with Crippen LogP contribution in [0.15, 0.2) is 24.3 Å². The fourth-order valence-electron chi connectivity index (χ4n) is 3.04. The third kappa shape index (κ3) is 3.58. The molecule has 0 atom stereocenters. The van der Waals surface area contributed by atoms with Gasteiger partial charge < -0.3 is 9.47 Å². The first-order valence-electron chi connectivity index (χ1n) is 8.02. The first-order valence-corrected chi connectivity index (χ1v) is 8.40. The van der Waals surface area contributed by atoms with E-state index < -0.39 is 17.4 Å². The second kappa shape index (κ2) is 6.96. The zero-order valence-corrected chi connectivity index (χ0v) is 14.8. The zero-order chi connectivity index (χ0) is 18.0. The molecule has 1 aromatic carbocycles. The van der Waals surface area contributed by atoms with Gasteiger partial charge in [-0.3, -0.25) is 0 Å².